The van der Waals surface area contributed by atoms with Crippen LogP contribution in [0.4, 0.5) is 0 Å². The number of rotatable bonds is 5. The van der Waals surface area contributed by atoms with Crippen molar-refractivity contribution >= 4 is 5.91 Å². The van der Waals surface area contributed by atoms with E-state index in [1.54, 1.807) is 6.20 Å². The van der Waals surface area contributed by atoms with Crippen molar-refractivity contribution in [3.8, 4) is 11.1 Å². The Morgan fingerprint density at radius 2 is 1.86 bits per heavy atom. The summed E-state index contributed by atoms with van der Waals surface area (Å²) < 4.78 is 0. The Hall–Kier alpha value is -2.16. The fraction of sp³-hybridized carbons (Fsp3) is 0.368. The molecule has 0 bridgehead atoms. The van der Waals surface area contributed by atoms with Gasteiger partial charge < -0.3 is 5.32 Å². The molecule has 1 aromatic carbocycles. The average molecular weight is 296 g/mol. The first kappa shape index (κ1) is 16.2. The van der Waals surface area contributed by atoms with Crippen LogP contribution in [0.2, 0.25) is 0 Å². The Labute approximate surface area is 132 Å². The van der Waals surface area contributed by atoms with E-state index in [2.05, 4.69) is 50.1 Å². The SMILES string of the molecule is Cc1cccc(C)c1-c1cncc(C(=O)NCCC(C)C)c1. The van der Waals surface area contributed by atoms with Crippen molar-refractivity contribution in [1.29, 1.82) is 0 Å². The molecule has 0 saturated carbocycles. The first-order chi connectivity index (χ1) is 10.5. The Balaban J connectivity index is 2.22. The molecule has 3 nitrogen and oxygen atoms in total. The quantitative estimate of drug-likeness (QED) is 0.901. The van der Waals surface area contributed by atoms with Crippen LogP contribution in [0.25, 0.3) is 11.1 Å². The van der Waals surface area contributed by atoms with E-state index in [9.17, 15) is 4.79 Å². The van der Waals surface area contributed by atoms with Crippen LogP contribution in [-0.4, -0.2) is 17.4 Å². The predicted molar refractivity (Wildman–Crippen MR) is 90.9 cm³/mol. The maximum Gasteiger partial charge on any atom is 0.252 e. The highest BCUT2D eigenvalue weighted by atomic mass is 16.1. The molecule has 1 heterocycles. The summed E-state index contributed by atoms with van der Waals surface area (Å²) in [5.41, 5.74) is 5.15. The van der Waals surface area contributed by atoms with Crippen LogP contribution in [0.1, 0.15) is 41.8 Å². The molecule has 0 aliphatic carbocycles. The molecule has 0 aliphatic rings. The number of pyridine rings is 1. The molecule has 116 valence electrons. The van der Waals surface area contributed by atoms with Crippen LogP contribution < -0.4 is 5.32 Å². The molecule has 0 unspecified atom stereocenters. The monoisotopic (exact) mass is 296 g/mol. The average Bonchev–Trinajstić information content (AvgIpc) is 2.47. The summed E-state index contributed by atoms with van der Waals surface area (Å²) in [6, 6.07) is 8.13. The molecule has 0 aliphatic heterocycles. The van der Waals surface area contributed by atoms with Gasteiger partial charge in [-0.25, -0.2) is 0 Å². The highest BCUT2D eigenvalue weighted by Crippen LogP contribution is 2.26. The lowest BCUT2D eigenvalue weighted by Gasteiger charge is -2.11. The van der Waals surface area contributed by atoms with Crippen LogP contribution >= 0.6 is 0 Å². The normalized spacial score (nSPS) is 10.8. The first-order valence-electron chi connectivity index (χ1n) is 7.79. The van der Waals surface area contributed by atoms with Gasteiger partial charge in [0, 0.05) is 24.5 Å². The van der Waals surface area contributed by atoms with E-state index in [-0.39, 0.29) is 5.91 Å². The molecule has 0 atom stereocenters. The summed E-state index contributed by atoms with van der Waals surface area (Å²) in [5, 5.41) is 2.96. The Kier molecular flexibility index (Phi) is 5.31. The van der Waals surface area contributed by atoms with Gasteiger partial charge in [0.05, 0.1) is 5.56 Å². The second-order valence-corrected chi connectivity index (χ2v) is 6.17. The molecular weight excluding hydrogens is 272 g/mol. The maximum absolute atomic E-state index is 12.2. The van der Waals surface area contributed by atoms with Gasteiger partial charge in [-0.15, -0.1) is 0 Å². The second-order valence-electron chi connectivity index (χ2n) is 6.17. The van der Waals surface area contributed by atoms with Crippen molar-refractivity contribution in [1.82, 2.24) is 10.3 Å². The second kappa shape index (κ2) is 7.21. The van der Waals surface area contributed by atoms with Crippen LogP contribution in [0.3, 0.4) is 0 Å². The molecule has 1 amide bonds. The minimum Gasteiger partial charge on any atom is -0.352 e. The van der Waals surface area contributed by atoms with E-state index >= 15 is 0 Å². The number of carbonyl (C=O) groups excluding carboxylic acids is 1. The number of benzene rings is 1. The van der Waals surface area contributed by atoms with Crippen LogP contribution in [0.5, 0.6) is 0 Å². The largest absolute Gasteiger partial charge is 0.352 e. The molecule has 1 aromatic heterocycles. The summed E-state index contributed by atoms with van der Waals surface area (Å²) in [6.07, 6.45) is 4.43. The van der Waals surface area contributed by atoms with Gasteiger partial charge in [-0.1, -0.05) is 32.0 Å². The number of aryl methyl sites for hydroxylation is 2. The molecule has 0 fully saturated rings. The minimum atomic E-state index is -0.0544. The third kappa shape index (κ3) is 3.94. The van der Waals surface area contributed by atoms with E-state index in [4.69, 9.17) is 0 Å². The number of aromatic nitrogens is 1. The van der Waals surface area contributed by atoms with Crippen molar-refractivity contribution in [3.05, 3.63) is 53.3 Å². The van der Waals surface area contributed by atoms with E-state index < -0.39 is 0 Å². The summed E-state index contributed by atoms with van der Waals surface area (Å²) in [4.78, 5) is 16.5. The number of hydrogen-bond donors (Lipinski definition) is 1. The topological polar surface area (TPSA) is 42.0 Å². The Bertz CT molecular complexity index is 642. The molecule has 2 aromatic rings. The smallest absolute Gasteiger partial charge is 0.252 e. The lowest BCUT2D eigenvalue weighted by Crippen LogP contribution is -2.25. The molecule has 22 heavy (non-hydrogen) atoms. The van der Waals surface area contributed by atoms with Crippen LogP contribution in [0.15, 0.2) is 36.7 Å². The summed E-state index contributed by atoms with van der Waals surface area (Å²) in [6.45, 7) is 9.16. The van der Waals surface area contributed by atoms with Crippen molar-refractivity contribution < 1.29 is 4.79 Å². The number of amides is 1. The van der Waals surface area contributed by atoms with Gasteiger partial charge in [0.2, 0.25) is 0 Å². The summed E-state index contributed by atoms with van der Waals surface area (Å²) in [5.74, 6) is 0.528. The zero-order chi connectivity index (χ0) is 16.1. The Morgan fingerprint density at radius 3 is 2.50 bits per heavy atom. The van der Waals surface area contributed by atoms with E-state index in [1.807, 2.05) is 18.3 Å². The third-order valence-corrected chi connectivity index (χ3v) is 3.78. The summed E-state index contributed by atoms with van der Waals surface area (Å²) >= 11 is 0. The Morgan fingerprint density at radius 1 is 1.18 bits per heavy atom. The molecule has 0 spiro atoms. The van der Waals surface area contributed by atoms with Gasteiger partial charge in [-0.3, -0.25) is 9.78 Å². The molecule has 3 heteroatoms. The fourth-order valence-electron chi connectivity index (χ4n) is 2.55. The lowest BCUT2D eigenvalue weighted by molar-refractivity contribution is 0.0951. The summed E-state index contributed by atoms with van der Waals surface area (Å²) in [7, 11) is 0. The van der Waals surface area contributed by atoms with Gasteiger partial charge in [0.1, 0.15) is 0 Å². The van der Waals surface area contributed by atoms with Gasteiger partial charge in [0.25, 0.3) is 5.91 Å². The predicted octanol–water partition coefficient (Wildman–Crippen LogP) is 4.14. The van der Waals surface area contributed by atoms with Gasteiger partial charge in [0.15, 0.2) is 0 Å². The minimum absolute atomic E-state index is 0.0544. The van der Waals surface area contributed by atoms with Crippen molar-refractivity contribution in [2.24, 2.45) is 5.92 Å². The maximum atomic E-state index is 12.2. The third-order valence-electron chi connectivity index (χ3n) is 3.78. The number of carbonyl (C=O) groups is 1. The zero-order valence-corrected chi connectivity index (χ0v) is 13.8. The van der Waals surface area contributed by atoms with Crippen LogP contribution in [-0.2, 0) is 0 Å². The number of hydrogen-bond acceptors (Lipinski definition) is 2. The number of nitrogens with zero attached hydrogens (tertiary/aromatic N) is 1. The van der Waals surface area contributed by atoms with Crippen molar-refractivity contribution in [3.63, 3.8) is 0 Å². The highest BCUT2D eigenvalue weighted by Gasteiger charge is 2.10. The zero-order valence-electron chi connectivity index (χ0n) is 13.8. The van der Waals surface area contributed by atoms with E-state index in [0.29, 0.717) is 18.0 Å². The van der Waals surface area contributed by atoms with E-state index in [0.717, 1.165) is 17.5 Å². The van der Waals surface area contributed by atoms with E-state index in [1.165, 1.54) is 11.1 Å². The fourth-order valence-corrected chi connectivity index (χ4v) is 2.55. The molecule has 1 N–H and O–H groups in total. The van der Waals surface area contributed by atoms with Crippen LogP contribution in [0, 0.1) is 19.8 Å². The van der Waals surface area contributed by atoms with Gasteiger partial charge in [-0.2, -0.15) is 0 Å². The molecule has 0 radical (unpaired) electrons. The van der Waals surface area contributed by atoms with Gasteiger partial charge in [-0.05, 0) is 48.9 Å². The molecule has 2 rings (SSSR count). The highest BCUT2D eigenvalue weighted by molar-refractivity contribution is 5.95. The van der Waals surface area contributed by atoms with Crippen molar-refractivity contribution in [2.45, 2.75) is 34.1 Å². The standard InChI is InChI=1S/C19H24N2O/c1-13(2)8-9-21-19(22)17-10-16(11-20-12-17)18-14(3)6-5-7-15(18)4/h5-7,10-13H,8-9H2,1-4H3,(H,21,22). The molecule has 0 saturated heterocycles. The van der Waals surface area contributed by atoms with Crippen molar-refractivity contribution in [2.75, 3.05) is 6.54 Å². The lowest BCUT2D eigenvalue weighted by atomic mass is 9.96. The molecular formula is C19H24N2O. The number of nitrogens with one attached hydrogen (secondary N) is 1. The first-order valence-corrected chi connectivity index (χ1v) is 7.79. The van der Waals surface area contributed by atoms with Gasteiger partial charge >= 0.3 is 0 Å².